The molecule has 0 aliphatic carbocycles. The van der Waals surface area contributed by atoms with E-state index in [1.807, 2.05) is 12.1 Å². The molecule has 1 unspecified atom stereocenters. The fraction of sp³-hybridized carbons (Fsp3) is 0.333. The van der Waals surface area contributed by atoms with E-state index in [-0.39, 0.29) is 23.8 Å². The molecule has 0 spiro atoms. The molecule has 4 amide bonds. The number of rotatable bonds is 4. The summed E-state index contributed by atoms with van der Waals surface area (Å²) in [5.41, 5.74) is 1.21. The molecule has 2 aromatic rings. The Balaban J connectivity index is 1.42. The second-order valence-electron chi connectivity index (χ2n) is 7.38. The summed E-state index contributed by atoms with van der Waals surface area (Å²) >= 11 is 3.32. The van der Waals surface area contributed by atoms with Crippen molar-refractivity contribution in [3.05, 3.63) is 52.6 Å². The summed E-state index contributed by atoms with van der Waals surface area (Å²) in [6, 6.07) is 10.5. The monoisotopic (exact) mass is 471 g/mol. The normalized spacial score (nSPS) is 18.8. The number of piperidine rings is 1. The minimum Gasteiger partial charge on any atom is -0.338 e. The Morgan fingerprint density at radius 3 is 2.80 bits per heavy atom. The van der Waals surface area contributed by atoms with Crippen LogP contribution >= 0.6 is 15.9 Å². The molecule has 1 aromatic heterocycles. The molecular weight excluding hydrogens is 450 g/mol. The number of likely N-dealkylation sites (tertiary alicyclic amines) is 1. The second-order valence-corrected chi connectivity index (χ2v) is 8.29. The SMILES string of the molecule is O=C(Nc1ccc(Br)cn1)C1CCCN(C(=O)c2cccc(N3CCNC3=O)c2)C1. The molecule has 2 fully saturated rings. The van der Waals surface area contributed by atoms with Gasteiger partial charge in [0.05, 0.1) is 5.92 Å². The van der Waals surface area contributed by atoms with Gasteiger partial charge in [0, 0.05) is 48.1 Å². The van der Waals surface area contributed by atoms with Gasteiger partial charge in [-0.15, -0.1) is 0 Å². The van der Waals surface area contributed by atoms with Gasteiger partial charge in [-0.25, -0.2) is 9.78 Å². The number of halogens is 1. The Morgan fingerprint density at radius 2 is 2.07 bits per heavy atom. The topological polar surface area (TPSA) is 94.6 Å². The fourth-order valence-electron chi connectivity index (χ4n) is 3.76. The van der Waals surface area contributed by atoms with Gasteiger partial charge in [0.2, 0.25) is 5.91 Å². The summed E-state index contributed by atoms with van der Waals surface area (Å²) in [5.74, 6) is -0.0653. The Labute approximate surface area is 182 Å². The summed E-state index contributed by atoms with van der Waals surface area (Å²) < 4.78 is 0.837. The Kier molecular flexibility index (Phi) is 5.98. The van der Waals surface area contributed by atoms with E-state index < -0.39 is 0 Å². The quantitative estimate of drug-likeness (QED) is 0.716. The van der Waals surface area contributed by atoms with E-state index in [1.165, 1.54) is 0 Å². The van der Waals surface area contributed by atoms with Crippen molar-refractivity contribution >= 4 is 45.3 Å². The molecule has 8 nitrogen and oxygen atoms in total. The van der Waals surface area contributed by atoms with E-state index in [0.29, 0.717) is 43.2 Å². The molecule has 4 rings (SSSR count). The lowest BCUT2D eigenvalue weighted by atomic mass is 9.96. The van der Waals surface area contributed by atoms with Gasteiger partial charge in [-0.2, -0.15) is 0 Å². The molecule has 1 aromatic carbocycles. The number of hydrogen-bond acceptors (Lipinski definition) is 4. The molecule has 1 atom stereocenters. The third kappa shape index (κ3) is 4.46. The summed E-state index contributed by atoms with van der Waals surface area (Å²) in [5, 5.41) is 5.59. The van der Waals surface area contributed by atoms with Crippen molar-refractivity contribution in [3.63, 3.8) is 0 Å². The number of nitrogens with one attached hydrogen (secondary N) is 2. The number of anilines is 2. The van der Waals surface area contributed by atoms with Crippen molar-refractivity contribution in [1.82, 2.24) is 15.2 Å². The van der Waals surface area contributed by atoms with Gasteiger partial charge < -0.3 is 15.5 Å². The Morgan fingerprint density at radius 1 is 1.20 bits per heavy atom. The summed E-state index contributed by atoms with van der Waals surface area (Å²) in [4.78, 5) is 45.2. The number of hydrogen-bond donors (Lipinski definition) is 2. The number of amides is 4. The van der Waals surface area contributed by atoms with Gasteiger partial charge in [0.1, 0.15) is 5.82 Å². The first-order valence-electron chi connectivity index (χ1n) is 9.88. The molecule has 0 radical (unpaired) electrons. The number of carbonyl (C=O) groups is 3. The Bertz CT molecular complexity index is 965. The maximum absolute atomic E-state index is 13.1. The smallest absolute Gasteiger partial charge is 0.321 e. The zero-order valence-corrected chi connectivity index (χ0v) is 17.9. The molecule has 3 heterocycles. The van der Waals surface area contributed by atoms with Crippen molar-refractivity contribution in [3.8, 4) is 0 Å². The minimum atomic E-state index is -0.291. The standard InChI is InChI=1S/C21H22BrN5O3/c22-16-6-7-18(24-12-16)25-19(28)15-4-2-9-26(13-15)20(29)14-3-1-5-17(11-14)27-10-8-23-21(27)30/h1,3,5-7,11-12,15H,2,4,8-10,13H2,(H,23,30)(H,24,25,28). The van der Waals surface area contributed by atoms with Gasteiger partial charge in [0.15, 0.2) is 0 Å². The number of nitrogens with zero attached hydrogens (tertiary/aromatic N) is 3. The first-order valence-corrected chi connectivity index (χ1v) is 10.7. The molecule has 0 saturated carbocycles. The zero-order chi connectivity index (χ0) is 21.1. The van der Waals surface area contributed by atoms with Crippen molar-refractivity contribution < 1.29 is 14.4 Å². The van der Waals surface area contributed by atoms with Gasteiger partial charge in [0.25, 0.3) is 5.91 Å². The highest BCUT2D eigenvalue weighted by molar-refractivity contribution is 9.10. The molecular formula is C21H22BrN5O3. The zero-order valence-electron chi connectivity index (χ0n) is 16.3. The highest BCUT2D eigenvalue weighted by Crippen LogP contribution is 2.23. The molecule has 9 heteroatoms. The van der Waals surface area contributed by atoms with Crippen LogP contribution in [0.2, 0.25) is 0 Å². The highest BCUT2D eigenvalue weighted by Gasteiger charge is 2.30. The van der Waals surface area contributed by atoms with Crippen LogP contribution in [0.3, 0.4) is 0 Å². The van der Waals surface area contributed by atoms with E-state index in [1.54, 1.807) is 40.3 Å². The summed E-state index contributed by atoms with van der Waals surface area (Å²) in [6.45, 7) is 2.13. The van der Waals surface area contributed by atoms with Crippen LogP contribution in [0.15, 0.2) is 47.1 Å². The number of benzene rings is 1. The minimum absolute atomic E-state index is 0.129. The average Bonchev–Trinajstić information content (AvgIpc) is 3.21. The lowest BCUT2D eigenvalue weighted by molar-refractivity contribution is -0.121. The van der Waals surface area contributed by atoms with Crippen molar-refractivity contribution in [1.29, 1.82) is 0 Å². The molecule has 2 aliphatic heterocycles. The van der Waals surface area contributed by atoms with E-state index in [0.717, 1.165) is 17.3 Å². The van der Waals surface area contributed by atoms with E-state index >= 15 is 0 Å². The van der Waals surface area contributed by atoms with Crippen molar-refractivity contribution in [2.75, 3.05) is 36.4 Å². The molecule has 156 valence electrons. The van der Waals surface area contributed by atoms with E-state index in [4.69, 9.17) is 0 Å². The van der Waals surface area contributed by atoms with E-state index in [2.05, 4.69) is 31.5 Å². The molecule has 0 bridgehead atoms. The predicted octanol–water partition coefficient (Wildman–Crippen LogP) is 2.86. The van der Waals surface area contributed by atoms with Crippen LogP contribution in [-0.2, 0) is 4.79 Å². The van der Waals surface area contributed by atoms with Gasteiger partial charge in [-0.05, 0) is 59.1 Å². The molecule has 30 heavy (non-hydrogen) atoms. The van der Waals surface area contributed by atoms with Crippen molar-refractivity contribution in [2.45, 2.75) is 12.8 Å². The third-order valence-electron chi connectivity index (χ3n) is 5.32. The van der Waals surface area contributed by atoms with Crippen LogP contribution in [0, 0.1) is 5.92 Å². The van der Waals surface area contributed by atoms with Gasteiger partial charge in [-0.3, -0.25) is 14.5 Å². The molecule has 2 N–H and O–H groups in total. The van der Waals surface area contributed by atoms with Gasteiger partial charge in [-0.1, -0.05) is 6.07 Å². The number of urea groups is 1. The van der Waals surface area contributed by atoms with Crippen LogP contribution in [0.5, 0.6) is 0 Å². The number of pyridine rings is 1. The first kappa shape index (κ1) is 20.3. The van der Waals surface area contributed by atoms with Crippen molar-refractivity contribution in [2.24, 2.45) is 5.92 Å². The van der Waals surface area contributed by atoms with Crippen LogP contribution < -0.4 is 15.5 Å². The van der Waals surface area contributed by atoms with Crippen LogP contribution in [0.1, 0.15) is 23.2 Å². The summed E-state index contributed by atoms with van der Waals surface area (Å²) in [7, 11) is 0. The third-order valence-corrected chi connectivity index (χ3v) is 5.79. The second kappa shape index (κ2) is 8.83. The average molecular weight is 472 g/mol. The lowest BCUT2D eigenvalue weighted by Gasteiger charge is -2.32. The predicted molar refractivity (Wildman–Crippen MR) is 116 cm³/mol. The molecule has 2 saturated heterocycles. The fourth-order valence-corrected chi connectivity index (χ4v) is 4.00. The number of carbonyl (C=O) groups excluding carboxylic acids is 3. The van der Waals surface area contributed by atoms with Crippen LogP contribution in [-0.4, -0.2) is 53.9 Å². The number of aromatic nitrogens is 1. The van der Waals surface area contributed by atoms with E-state index in [9.17, 15) is 14.4 Å². The van der Waals surface area contributed by atoms with Crippen LogP contribution in [0.4, 0.5) is 16.3 Å². The Hall–Kier alpha value is -2.94. The van der Waals surface area contributed by atoms with Crippen LogP contribution in [0.25, 0.3) is 0 Å². The summed E-state index contributed by atoms with van der Waals surface area (Å²) in [6.07, 6.45) is 3.10. The molecule has 2 aliphatic rings. The first-order chi connectivity index (χ1) is 14.5. The maximum Gasteiger partial charge on any atom is 0.321 e. The maximum atomic E-state index is 13.1. The highest BCUT2D eigenvalue weighted by atomic mass is 79.9. The lowest BCUT2D eigenvalue weighted by Crippen LogP contribution is -2.43. The largest absolute Gasteiger partial charge is 0.338 e. The van der Waals surface area contributed by atoms with Gasteiger partial charge >= 0.3 is 6.03 Å².